The normalized spacial score (nSPS) is 20.3. The van der Waals surface area contributed by atoms with Crippen LogP contribution < -0.4 is 16.0 Å². The maximum atomic E-state index is 11.5. The number of hydrogen-bond acceptors (Lipinski definition) is 3. The van der Waals surface area contributed by atoms with Crippen LogP contribution in [0.1, 0.15) is 39.0 Å². The number of hydrogen-bond donors (Lipinski definition) is 3. The summed E-state index contributed by atoms with van der Waals surface area (Å²) in [6.45, 7) is 8.30. The Bertz CT molecular complexity index is 386. The summed E-state index contributed by atoms with van der Waals surface area (Å²) in [5, 5.41) is 9.53. The molecule has 0 bridgehead atoms. The fraction of sp³-hybridized carbons (Fsp3) is 0.882. The van der Waals surface area contributed by atoms with Gasteiger partial charge in [-0.25, -0.2) is 0 Å². The van der Waals surface area contributed by atoms with E-state index in [4.69, 9.17) is 0 Å². The van der Waals surface area contributed by atoms with Gasteiger partial charge in [-0.15, -0.1) is 0 Å². The molecule has 1 aliphatic carbocycles. The molecular weight excluding hydrogens is 290 g/mol. The third-order valence-electron chi connectivity index (χ3n) is 4.71. The minimum absolute atomic E-state index is 0.200. The van der Waals surface area contributed by atoms with Gasteiger partial charge in [-0.1, -0.05) is 6.92 Å². The van der Waals surface area contributed by atoms with Gasteiger partial charge in [0.2, 0.25) is 5.91 Å². The summed E-state index contributed by atoms with van der Waals surface area (Å²) < 4.78 is 0. The minimum atomic E-state index is 0.200. The molecule has 1 amide bonds. The van der Waals surface area contributed by atoms with E-state index in [1.54, 1.807) is 7.05 Å². The van der Waals surface area contributed by atoms with Crippen LogP contribution in [0.2, 0.25) is 0 Å². The molecule has 0 unspecified atom stereocenters. The molecule has 132 valence electrons. The molecule has 6 heteroatoms. The molecule has 2 aliphatic rings. The summed E-state index contributed by atoms with van der Waals surface area (Å²) in [6, 6.07) is 0. The molecule has 0 aromatic heterocycles. The number of carbonyl (C=O) groups is 1. The van der Waals surface area contributed by atoms with Crippen molar-refractivity contribution < 1.29 is 4.79 Å². The first-order chi connectivity index (χ1) is 11.2. The highest BCUT2D eigenvalue weighted by atomic mass is 16.2. The zero-order chi connectivity index (χ0) is 16.5. The Morgan fingerprint density at radius 1 is 1.04 bits per heavy atom. The molecule has 1 aliphatic heterocycles. The molecule has 2 rings (SSSR count). The van der Waals surface area contributed by atoms with Crippen molar-refractivity contribution in [3.63, 3.8) is 0 Å². The Morgan fingerprint density at radius 3 is 2.35 bits per heavy atom. The number of carbonyl (C=O) groups excluding carboxylic acids is 1. The van der Waals surface area contributed by atoms with Crippen molar-refractivity contribution in [1.29, 1.82) is 0 Å². The van der Waals surface area contributed by atoms with E-state index in [1.807, 2.05) is 0 Å². The number of aliphatic imine (C=N–C) groups is 1. The van der Waals surface area contributed by atoms with Crippen LogP contribution in [0.3, 0.4) is 0 Å². The highest BCUT2D eigenvalue weighted by Crippen LogP contribution is 2.28. The van der Waals surface area contributed by atoms with Crippen molar-refractivity contribution in [3.05, 3.63) is 0 Å². The smallest absolute Gasteiger partial charge is 0.223 e. The van der Waals surface area contributed by atoms with Crippen molar-refractivity contribution in [2.45, 2.75) is 39.0 Å². The Morgan fingerprint density at radius 2 is 1.70 bits per heavy atom. The first kappa shape index (κ1) is 18.0. The maximum Gasteiger partial charge on any atom is 0.223 e. The fourth-order valence-electron chi connectivity index (χ4n) is 2.87. The van der Waals surface area contributed by atoms with Crippen LogP contribution in [0.5, 0.6) is 0 Å². The molecule has 0 atom stereocenters. The second-order valence-corrected chi connectivity index (χ2v) is 6.87. The fourth-order valence-corrected chi connectivity index (χ4v) is 2.87. The lowest BCUT2D eigenvalue weighted by Crippen LogP contribution is -2.42. The van der Waals surface area contributed by atoms with Crippen LogP contribution in [0.25, 0.3) is 0 Å². The Labute approximate surface area is 140 Å². The van der Waals surface area contributed by atoms with E-state index in [9.17, 15) is 4.79 Å². The summed E-state index contributed by atoms with van der Waals surface area (Å²) >= 11 is 0. The lowest BCUT2D eigenvalue weighted by Gasteiger charge is -2.30. The molecule has 0 spiro atoms. The average Bonchev–Trinajstić information content (AvgIpc) is 3.39. The second-order valence-electron chi connectivity index (χ2n) is 6.87. The Balaban J connectivity index is 1.46. The monoisotopic (exact) mass is 323 g/mol. The summed E-state index contributed by atoms with van der Waals surface area (Å²) in [6.07, 6.45) is 5.91. The Kier molecular flexibility index (Phi) is 7.65. The Hall–Kier alpha value is -1.30. The van der Waals surface area contributed by atoms with Crippen molar-refractivity contribution >= 4 is 11.9 Å². The van der Waals surface area contributed by atoms with Gasteiger partial charge in [0.25, 0.3) is 0 Å². The van der Waals surface area contributed by atoms with Gasteiger partial charge in [0, 0.05) is 32.6 Å². The van der Waals surface area contributed by atoms with Crippen LogP contribution in [-0.2, 0) is 4.79 Å². The molecule has 0 aromatic carbocycles. The first-order valence-corrected chi connectivity index (χ1v) is 9.13. The van der Waals surface area contributed by atoms with E-state index < -0.39 is 0 Å². The largest absolute Gasteiger partial charge is 0.356 e. The molecule has 1 saturated carbocycles. The summed E-state index contributed by atoms with van der Waals surface area (Å²) in [7, 11) is 1.78. The number of nitrogens with zero attached hydrogens (tertiary/aromatic N) is 2. The quantitative estimate of drug-likeness (QED) is 0.351. The summed E-state index contributed by atoms with van der Waals surface area (Å²) in [5.41, 5.74) is 0. The van der Waals surface area contributed by atoms with Crippen LogP contribution in [0, 0.1) is 11.8 Å². The lowest BCUT2D eigenvalue weighted by atomic mass is 9.99. The first-order valence-electron chi connectivity index (χ1n) is 9.13. The second kappa shape index (κ2) is 9.75. The van der Waals surface area contributed by atoms with Crippen LogP contribution in [0.15, 0.2) is 4.99 Å². The molecule has 6 nitrogen and oxygen atoms in total. The number of rotatable bonds is 8. The number of nitrogens with one attached hydrogen (secondary N) is 3. The highest BCUT2D eigenvalue weighted by molar-refractivity contribution is 5.81. The van der Waals surface area contributed by atoms with E-state index in [1.165, 1.54) is 25.9 Å². The zero-order valence-corrected chi connectivity index (χ0v) is 14.7. The SMILES string of the molecule is CN=C(NCCCN1CCC(C)CC1)NCCNC(=O)C1CC1. The van der Waals surface area contributed by atoms with Crippen LogP contribution >= 0.6 is 0 Å². The summed E-state index contributed by atoms with van der Waals surface area (Å²) in [5.74, 6) is 2.20. The number of piperidine rings is 1. The van der Waals surface area contributed by atoms with Gasteiger partial charge in [0.05, 0.1) is 0 Å². The predicted octanol–water partition coefficient (Wildman–Crippen LogP) is 0.800. The number of likely N-dealkylation sites (tertiary alicyclic amines) is 1. The molecule has 0 radical (unpaired) electrons. The van der Waals surface area contributed by atoms with Crippen molar-refractivity contribution in [2.24, 2.45) is 16.8 Å². The van der Waals surface area contributed by atoms with E-state index in [2.05, 4.69) is 32.8 Å². The van der Waals surface area contributed by atoms with E-state index in [-0.39, 0.29) is 11.8 Å². The van der Waals surface area contributed by atoms with Crippen molar-refractivity contribution in [2.75, 3.05) is 46.3 Å². The standard InChI is InChI=1S/C17H33N5O/c1-14-6-12-22(13-7-14)11-3-8-20-17(18-2)21-10-9-19-16(23)15-4-5-15/h14-15H,3-13H2,1-2H3,(H,19,23)(H2,18,20,21). The summed E-state index contributed by atoms with van der Waals surface area (Å²) in [4.78, 5) is 18.3. The van der Waals surface area contributed by atoms with Gasteiger partial charge in [-0.2, -0.15) is 0 Å². The van der Waals surface area contributed by atoms with Crippen molar-refractivity contribution in [1.82, 2.24) is 20.9 Å². The molecule has 2 fully saturated rings. The van der Waals surface area contributed by atoms with Gasteiger partial charge in [-0.3, -0.25) is 9.79 Å². The van der Waals surface area contributed by atoms with Gasteiger partial charge in [0.1, 0.15) is 0 Å². The highest BCUT2D eigenvalue weighted by Gasteiger charge is 2.28. The lowest BCUT2D eigenvalue weighted by molar-refractivity contribution is -0.122. The minimum Gasteiger partial charge on any atom is -0.356 e. The van der Waals surface area contributed by atoms with Gasteiger partial charge < -0.3 is 20.9 Å². The van der Waals surface area contributed by atoms with Gasteiger partial charge in [0.15, 0.2) is 5.96 Å². The maximum absolute atomic E-state index is 11.5. The molecule has 0 aromatic rings. The zero-order valence-electron chi connectivity index (χ0n) is 14.7. The third-order valence-corrected chi connectivity index (χ3v) is 4.71. The molecular formula is C17H33N5O. The average molecular weight is 323 g/mol. The van der Waals surface area contributed by atoms with E-state index >= 15 is 0 Å². The molecule has 1 heterocycles. The van der Waals surface area contributed by atoms with Crippen molar-refractivity contribution in [3.8, 4) is 0 Å². The van der Waals surface area contributed by atoms with E-state index in [0.717, 1.165) is 44.2 Å². The third kappa shape index (κ3) is 7.20. The predicted molar refractivity (Wildman–Crippen MR) is 94.6 cm³/mol. The topological polar surface area (TPSA) is 68.8 Å². The van der Waals surface area contributed by atoms with Gasteiger partial charge in [-0.05, 0) is 57.7 Å². The van der Waals surface area contributed by atoms with Crippen LogP contribution in [-0.4, -0.2) is 63.1 Å². The molecule has 1 saturated heterocycles. The molecule has 23 heavy (non-hydrogen) atoms. The van der Waals surface area contributed by atoms with Gasteiger partial charge >= 0.3 is 0 Å². The molecule has 3 N–H and O–H groups in total. The number of guanidine groups is 1. The van der Waals surface area contributed by atoms with E-state index in [0.29, 0.717) is 13.1 Å². The number of amides is 1. The van der Waals surface area contributed by atoms with Crippen LogP contribution in [0.4, 0.5) is 0 Å².